The van der Waals surface area contributed by atoms with Gasteiger partial charge in [0.05, 0.1) is 0 Å². The molecule has 2 unspecified atom stereocenters. The zero-order chi connectivity index (χ0) is 18.4. The lowest BCUT2D eigenvalue weighted by molar-refractivity contribution is 0.150. The molecule has 0 radical (unpaired) electrons. The Kier molecular flexibility index (Phi) is 6.80. The van der Waals surface area contributed by atoms with Crippen LogP contribution in [0.4, 0.5) is 0 Å². The molecule has 2 atom stereocenters. The van der Waals surface area contributed by atoms with Crippen molar-refractivity contribution in [1.82, 2.24) is 4.90 Å². The zero-order valence-corrected chi connectivity index (χ0v) is 16.1. The van der Waals surface area contributed by atoms with Crippen molar-refractivity contribution in [3.63, 3.8) is 0 Å². The van der Waals surface area contributed by atoms with Gasteiger partial charge in [-0.25, -0.2) is 0 Å². The number of piperidine rings is 1. The summed E-state index contributed by atoms with van der Waals surface area (Å²) in [4.78, 5) is 5.35. The minimum Gasteiger partial charge on any atom is -0.326 e. The largest absolute Gasteiger partial charge is 0.326 e. The molecule has 2 aromatic rings. The molecule has 0 aliphatic carbocycles. The molecule has 2 aromatic carbocycles. The molecular weight excluding hydrogens is 336 g/mol. The summed E-state index contributed by atoms with van der Waals surface area (Å²) < 4.78 is 0. The molecule has 26 heavy (non-hydrogen) atoms. The predicted molar refractivity (Wildman–Crippen MR) is 111 cm³/mol. The van der Waals surface area contributed by atoms with Gasteiger partial charge in [-0.2, -0.15) is 0 Å². The maximum Gasteiger partial charge on any atom is 0.0351 e. The molecule has 2 saturated heterocycles. The highest BCUT2D eigenvalue weighted by molar-refractivity contribution is 7.99. The van der Waals surface area contributed by atoms with Gasteiger partial charge in [0.15, 0.2) is 0 Å². The summed E-state index contributed by atoms with van der Waals surface area (Å²) in [6, 6.07) is 19.3. The van der Waals surface area contributed by atoms with Crippen molar-refractivity contribution in [2.45, 2.75) is 60.5 Å². The number of nitrogens with zero attached hydrogens (tertiary/aromatic N) is 1. The Bertz CT molecular complexity index is 705. The molecule has 0 spiro atoms. The van der Waals surface area contributed by atoms with Gasteiger partial charge in [-0.15, -0.1) is 12.8 Å². The van der Waals surface area contributed by atoms with E-state index in [0.717, 1.165) is 6.04 Å². The Labute approximate surface area is 162 Å². The lowest BCUT2D eigenvalue weighted by Crippen LogP contribution is -2.35. The molecule has 2 aliphatic rings. The molecule has 2 fully saturated rings. The first-order valence-corrected chi connectivity index (χ1v) is 10.3. The minimum atomic E-state index is 0.610. The summed E-state index contributed by atoms with van der Waals surface area (Å²) in [5.74, 6) is 0. The lowest BCUT2D eigenvalue weighted by Gasteiger charge is -2.34. The monoisotopic (exact) mass is 364 g/mol. The fourth-order valence-corrected chi connectivity index (χ4v) is 5.02. The first-order chi connectivity index (χ1) is 12.8. The van der Waals surface area contributed by atoms with Crippen LogP contribution in [0.25, 0.3) is 0 Å². The van der Waals surface area contributed by atoms with E-state index >= 15 is 0 Å². The van der Waals surface area contributed by atoms with Gasteiger partial charge in [-0.3, -0.25) is 4.90 Å². The topological polar surface area (TPSA) is 29.3 Å². The van der Waals surface area contributed by atoms with Crippen molar-refractivity contribution in [1.29, 1.82) is 0 Å². The van der Waals surface area contributed by atoms with Crippen molar-refractivity contribution in [3.8, 4) is 12.8 Å². The highest BCUT2D eigenvalue weighted by atomic mass is 32.2. The minimum absolute atomic E-state index is 0.610. The van der Waals surface area contributed by atoms with Crippen LogP contribution in [0.15, 0.2) is 58.3 Å². The zero-order valence-electron chi connectivity index (χ0n) is 15.3. The van der Waals surface area contributed by atoms with Crippen molar-refractivity contribution in [3.05, 3.63) is 59.7 Å². The van der Waals surface area contributed by atoms with Gasteiger partial charge in [-0.1, -0.05) is 42.4 Å². The quantitative estimate of drug-likeness (QED) is 0.753. The van der Waals surface area contributed by atoms with E-state index in [1.807, 2.05) is 11.8 Å². The molecule has 2 N–H and O–H groups in total. The lowest BCUT2D eigenvalue weighted by atomic mass is 10.0. The van der Waals surface area contributed by atoms with E-state index in [4.69, 9.17) is 5.73 Å². The van der Waals surface area contributed by atoms with Crippen LogP contribution in [-0.2, 0) is 6.54 Å². The van der Waals surface area contributed by atoms with Crippen molar-refractivity contribution < 1.29 is 0 Å². The van der Waals surface area contributed by atoms with Gasteiger partial charge >= 0.3 is 0 Å². The normalized spacial score (nSPS) is 22.3. The third kappa shape index (κ3) is 4.32. The Morgan fingerprint density at radius 1 is 0.885 bits per heavy atom. The van der Waals surface area contributed by atoms with Crippen LogP contribution in [0.3, 0.4) is 0 Å². The van der Waals surface area contributed by atoms with E-state index in [1.165, 1.54) is 59.6 Å². The summed E-state index contributed by atoms with van der Waals surface area (Å²) in [5, 5.41) is 0. The molecule has 0 amide bonds. The fourth-order valence-electron chi connectivity index (χ4n) is 4.21. The number of fused-ring (bicyclic) bond motifs is 1. The Balaban J connectivity index is 0.000000948. The molecule has 136 valence electrons. The van der Waals surface area contributed by atoms with E-state index in [-0.39, 0.29) is 0 Å². The van der Waals surface area contributed by atoms with Crippen LogP contribution in [-0.4, -0.2) is 17.5 Å². The summed E-state index contributed by atoms with van der Waals surface area (Å²) in [6.07, 6.45) is 14.9. The maximum atomic E-state index is 5.66. The molecule has 0 bridgehead atoms. The highest BCUT2D eigenvalue weighted by Gasteiger charge is 2.35. The van der Waals surface area contributed by atoms with E-state index in [9.17, 15) is 0 Å². The summed E-state index contributed by atoms with van der Waals surface area (Å²) in [7, 11) is 0. The van der Waals surface area contributed by atoms with Gasteiger partial charge in [0.25, 0.3) is 0 Å². The van der Waals surface area contributed by atoms with Crippen molar-refractivity contribution in [2.24, 2.45) is 5.73 Å². The van der Waals surface area contributed by atoms with E-state index in [1.54, 1.807) is 0 Å². The number of terminal acetylenes is 1. The van der Waals surface area contributed by atoms with Gasteiger partial charge in [0, 0.05) is 28.4 Å². The number of nitrogens with two attached hydrogens (primary N) is 1. The Morgan fingerprint density at radius 3 is 2.19 bits per heavy atom. The number of hydrogen-bond acceptors (Lipinski definition) is 3. The second-order valence-corrected chi connectivity index (χ2v) is 8.15. The Morgan fingerprint density at radius 2 is 1.54 bits per heavy atom. The average Bonchev–Trinajstić information content (AvgIpc) is 3.15. The summed E-state index contributed by atoms with van der Waals surface area (Å²) in [5.41, 5.74) is 8.35. The van der Waals surface area contributed by atoms with E-state index in [0.29, 0.717) is 12.6 Å². The molecular formula is C23H28N2S. The van der Waals surface area contributed by atoms with Gasteiger partial charge in [0.2, 0.25) is 0 Å². The average molecular weight is 365 g/mol. The molecule has 2 heterocycles. The highest BCUT2D eigenvalue weighted by Crippen LogP contribution is 2.40. The van der Waals surface area contributed by atoms with Gasteiger partial charge < -0.3 is 5.73 Å². The van der Waals surface area contributed by atoms with Crippen LogP contribution in [0.2, 0.25) is 0 Å². The first kappa shape index (κ1) is 19.0. The number of hydrogen-bond donors (Lipinski definition) is 1. The van der Waals surface area contributed by atoms with E-state index < -0.39 is 0 Å². The standard InChI is InChI=1S/C21H26N2S.C2H2/c22-15-16-4-9-19(10-5-16)24-20-11-6-17(7-12-20)21-13-8-18-3-1-2-14-23(18)21;1-2/h4-7,9-12,18,21H,1-3,8,13-15,22H2;1-2H. The predicted octanol–water partition coefficient (Wildman–Crippen LogP) is 5.24. The third-order valence-corrected chi connectivity index (χ3v) is 6.52. The molecule has 3 heteroatoms. The molecule has 0 aromatic heterocycles. The molecule has 2 aliphatic heterocycles. The second kappa shape index (κ2) is 9.28. The molecule has 0 saturated carbocycles. The fraction of sp³-hybridized carbons (Fsp3) is 0.391. The SMILES string of the molecule is C#C.NCc1ccc(Sc2ccc(C3CCC4CCCCN43)cc2)cc1. The van der Waals surface area contributed by atoms with Crippen LogP contribution in [0.5, 0.6) is 0 Å². The Hall–Kier alpha value is -1.73. The van der Waals surface area contributed by atoms with Gasteiger partial charge in [0.1, 0.15) is 0 Å². The number of benzene rings is 2. The second-order valence-electron chi connectivity index (χ2n) is 7.00. The summed E-state index contributed by atoms with van der Waals surface area (Å²) in [6.45, 7) is 1.90. The van der Waals surface area contributed by atoms with Crippen LogP contribution in [0.1, 0.15) is 49.3 Å². The van der Waals surface area contributed by atoms with Crippen molar-refractivity contribution >= 4 is 11.8 Å². The smallest absolute Gasteiger partial charge is 0.0351 e. The van der Waals surface area contributed by atoms with Crippen LogP contribution >= 0.6 is 11.8 Å². The third-order valence-electron chi connectivity index (χ3n) is 5.51. The van der Waals surface area contributed by atoms with Gasteiger partial charge in [-0.05, 0) is 67.6 Å². The molecule has 4 rings (SSSR count). The van der Waals surface area contributed by atoms with E-state index in [2.05, 4.69) is 66.3 Å². The summed E-state index contributed by atoms with van der Waals surface area (Å²) >= 11 is 1.83. The van der Waals surface area contributed by atoms with Crippen LogP contribution in [0, 0.1) is 12.8 Å². The number of rotatable bonds is 4. The molecule has 2 nitrogen and oxygen atoms in total. The van der Waals surface area contributed by atoms with Crippen molar-refractivity contribution in [2.75, 3.05) is 6.54 Å². The first-order valence-electron chi connectivity index (χ1n) is 9.49. The van der Waals surface area contributed by atoms with Crippen LogP contribution < -0.4 is 5.73 Å². The maximum absolute atomic E-state index is 5.66.